The maximum absolute atomic E-state index is 12.9. The Bertz CT molecular complexity index is 1010. The Hall–Kier alpha value is -3.11. The Labute approximate surface area is 185 Å². The average molecular weight is 439 g/mol. The van der Waals surface area contributed by atoms with Gasteiger partial charge in [-0.05, 0) is 45.1 Å². The number of benzene rings is 1. The third-order valence-corrected chi connectivity index (χ3v) is 5.98. The Morgan fingerprint density at radius 2 is 1.94 bits per heavy atom. The lowest BCUT2D eigenvalue weighted by Crippen LogP contribution is -2.32. The van der Waals surface area contributed by atoms with Crippen molar-refractivity contribution >= 4 is 33.3 Å². The zero-order valence-corrected chi connectivity index (χ0v) is 18.6. The molecule has 10 heteroatoms. The number of aromatic nitrogens is 4. The summed E-state index contributed by atoms with van der Waals surface area (Å²) in [6.45, 7) is 3.75. The number of carbonyl (C=O) groups is 1. The lowest BCUT2D eigenvalue weighted by atomic mass is 10.0. The molecule has 1 amide bonds. The van der Waals surface area contributed by atoms with Gasteiger partial charge in [-0.25, -0.2) is 0 Å². The summed E-state index contributed by atoms with van der Waals surface area (Å²) in [5.74, 6) is 0.745. The molecule has 3 aromatic rings. The predicted molar refractivity (Wildman–Crippen MR) is 122 cm³/mol. The van der Waals surface area contributed by atoms with Gasteiger partial charge in [0.2, 0.25) is 16.2 Å². The smallest absolute Gasteiger partial charge is 0.248 e. The number of hydrogen-bond donors (Lipinski definition) is 2. The molecule has 2 N–H and O–H groups in total. The first-order chi connectivity index (χ1) is 15.0. The molecule has 0 saturated carbocycles. The predicted octanol–water partition coefficient (Wildman–Crippen LogP) is 2.57. The van der Waals surface area contributed by atoms with Crippen LogP contribution < -0.4 is 15.5 Å². The zero-order valence-electron chi connectivity index (χ0n) is 17.8. The number of nitrogens with zero attached hydrogens (tertiary/aromatic N) is 6. The highest BCUT2D eigenvalue weighted by molar-refractivity contribution is 7.19. The summed E-state index contributed by atoms with van der Waals surface area (Å²) in [6, 6.07) is 11.7. The van der Waals surface area contributed by atoms with Gasteiger partial charge >= 0.3 is 0 Å². The summed E-state index contributed by atoms with van der Waals surface area (Å²) >= 11 is 1.34. The highest BCUT2D eigenvalue weighted by Gasteiger charge is 2.26. The molecule has 0 bridgehead atoms. The van der Waals surface area contributed by atoms with E-state index in [0.29, 0.717) is 10.3 Å². The van der Waals surface area contributed by atoms with E-state index in [1.54, 1.807) is 6.20 Å². The maximum Gasteiger partial charge on any atom is 0.248 e. The van der Waals surface area contributed by atoms with Crippen molar-refractivity contribution in [2.75, 3.05) is 42.7 Å². The zero-order chi connectivity index (χ0) is 21.8. The number of nitrogens with one attached hydrogen (secondary N) is 2. The van der Waals surface area contributed by atoms with Crippen LogP contribution in [0.15, 0.2) is 42.6 Å². The van der Waals surface area contributed by atoms with Crippen LogP contribution in [-0.2, 0) is 4.79 Å². The third-order valence-electron chi connectivity index (χ3n) is 5.21. The molecule has 1 aliphatic rings. The van der Waals surface area contributed by atoms with Crippen LogP contribution >= 0.6 is 11.3 Å². The van der Waals surface area contributed by atoms with Gasteiger partial charge in [0.05, 0.1) is 0 Å². The van der Waals surface area contributed by atoms with Crippen molar-refractivity contribution in [1.82, 2.24) is 25.3 Å². The second-order valence-corrected chi connectivity index (χ2v) is 8.81. The lowest BCUT2D eigenvalue weighted by Gasteiger charge is -2.23. The Morgan fingerprint density at radius 1 is 1.16 bits per heavy atom. The molecule has 1 fully saturated rings. The topological polar surface area (TPSA) is 99.2 Å². The molecule has 1 saturated heterocycles. The molecule has 162 valence electrons. The Balaban J connectivity index is 1.36. The second kappa shape index (κ2) is 9.36. The summed E-state index contributed by atoms with van der Waals surface area (Å²) < 4.78 is 0. The third kappa shape index (κ3) is 5.15. The van der Waals surface area contributed by atoms with Crippen LogP contribution in [0.3, 0.4) is 0 Å². The lowest BCUT2D eigenvalue weighted by molar-refractivity contribution is -0.120. The number of amides is 1. The standard InChI is InChI=1S/C21H26N8OS/c1-14-6-8-15(9-7-14)18(28(2)3)19(30)24-21-27-26-20(31-21)23-16-10-12-29(13-16)17-5-4-11-22-25-17/h4-9,11,16,18H,10,12-13H2,1-3H3,(H,23,26)(H,24,27,30)/t16-,18+/m1/s1. The van der Waals surface area contributed by atoms with Gasteiger partial charge in [0.1, 0.15) is 6.04 Å². The fourth-order valence-corrected chi connectivity index (χ4v) is 4.39. The molecule has 0 radical (unpaired) electrons. The largest absolute Gasteiger partial charge is 0.355 e. The van der Waals surface area contributed by atoms with Crippen molar-refractivity contribution in [2.24, 2.45) is 0 Å². The van der Waals surface area contributed by atoms with Crippen LogP contribution in [0.25, 0.3) is 0 Å². The molecule has 0 aliphatic carbocycles. The number of carbonyl (C=O) groups excluding carboxylic acids is 1. The van der Waals surface area contributed by atoms with Gasteiger partial charge in [-0.3, -0.25) is 15.0 Å². The summed E-state index contributed by atoms with van der Waals surface area (Å²) in [7, 11) is 3.78. The fourth-order valence-electron chi connectivity index (χ4n) is 3.66. The molecular formula is C21H26N8OS. The van der Waals surface area contributed by atoms with E-state index >= 15 is 0 Å². The number of likely N-dealkylation sites (N-methyl/N-ethyl adjacent to an activating group) is 1. The van der Waals surface area contributed by atoms with E-state index in [1.807, 2.05) is 62.3 Å². The summed E-state index contributed by atoms with van der Waals surface area (Å²) in [4.78, 5) is 17.0. The minimum atomic E-state index is -0.406. The first kappa shape index (κ1) is 21.1. The average Bonchev–Trinajstić information content (AvgIpc) is 3.40. The minimum absolute atomic E-state index is 0.133. The minimum Gasteiger partial charge on any atom is -0.355 e. The van der Waals surface area contributed by atoms with Gasteiger partial charge in [0.25, 0.3) is 0 Å². The Kier molecular flexibility index (Phi) is 6.38. The van der Waals surface area contributed by atoms with Gasteiger partial charge in [0, 0.05) is 25.3 Å². The molecule has 4 rings (SSSR count). The highest BCUT2D eigenvalue weighted by Crippen LogP contribution is 2.26. The van der Waals surface area contributed by atoms with E-state index in [9.17, 15) is 4.79 Å². The molecule has 1 aromatic carbocycles. The van der Waals surface area contributed by atoms with E-state index in [0.717, 1.165) is 36.5 Å². The Morgan fingerprint density at radius 3 is 2.65 bits per heavy atom. The van der Waals surface area contributed by atoms with Gasteiger partial charge in [-0.1, -0.05) is 41.2 Å². The SMILES string of the molecule is Cc1ccc([C@@H](C(=O)Nc2nnc(N[C@@H]3CCN(c4cccnn4)C3)s2)N(C)C)cc1. The van der Waals surface area contributed by atoms with Crippen LogP contribution in [0.1, 0.15) is 23.6 Å². The first-order valence-corrected chi connectivity index (χ1v) is 11.0. The van der Waals surface area contributed by atoms with Crippen molar-refractivity contribution < 1.29 is 4.79 Å². The summed E-state index contributed by atoms with van der Waals surface area (Å²) in [5, 5.41) is 24.0. The van der Waals surface area contributed by atoms with E-state index < -0.39 is 6.04 Å². The van der Waals surface area contributed by atoms with Crippen LogP contribution in [0.5, 0.6) is 0 Å². The van der Waals surface area contributed by atoms with E-state index in [1.165, 1.54) is 11.3 Å². The van der Waals surface area contributed by atoms with Crippen molar-refractivity contribution in [3.8, 4) is 0 Å². The van der Waals surface area contributed by atoms with Gasteiger partial charge in [-0.2, -0.15) is 5.10 Å². The fraction of sp³-hybridized carbons (Fsp3) is 0.381. The quantitative estimate of drug-likeness (QED) is 0.581. The van der Waals surface area contributed by atoms with Crippen LogP contribution in [0.2, 0.25) is 0 Å². The van der Waals surface area contributed by atoms with Crippen LogP contribution in [0, 0.1) is 6.92 Å². The monoisotopic (exact) mass is 438 g/mol. The molecule has 31 heavy (non-hydrogen) atoms. The highest BCUT2D eigenvalue weighted by atomic mass is 32.1. The number of rotatable bonds is 7. The van der Waals surface area contributed by atoms with Crippen molar-refractivity contribution in [1.29, 1.82) is 0 Å². The molecular weight excluding hydrogens is 412 g/mol. The van der Waals surface area contributed by atoms with Crippen molar-refractivity contribution in [2.45, 2.75) is 25.4 Å². The molecule has 2 atom stereocenters. The van der Waals surface area contributed by atoms with Crippen LogP contribution in [-0.4, -0.2) is 64.4 Å². The van der Waals surface area contributed by atoms with E-state index in [-0.39, 0.29) is 11.9 Å². The van der Waals surface area contributed by atoms with Crippen LogP contribution in [0.4, 0.5) is 16.1 Å². The van der Waals surface area contributed by atoms with Crippen molar-refractivity contribution in [3.05, 3.63) is 53.7 Å². The van der Waals surface area contributed by atoms with E-state index in [2.05, 4.69) is 35.9 Å². The van der Waals surface area contributed by atoms with Gasteiger partial charge < -0.3 is 10.2 Å². The normalized spacial score (nSPS) is 17.0. The summed E-state index contributed by atoms with van der Waals surface area (Å²) in [6.07, 6.45) is 2.64. The van der Waals surface area contributed by atoms with Gasteiger partial charge in [-0.15, -0.1) is 15.3 Å². The number of anilines is 3. The van der Waals surface area contributed by atoms with E-state index in [4.69, 9.17) is 0 Å². The second-order valence-electron chi connectivity index (χ2n) is 7.84. The molecule has 2 aromatic heterocycles. The van der Waals surface area contributed by atoms with Gasteiger partial charge in [0.15, 0.2) is 5.82 Å². The first-order valence-electron chi connectivity index (χ1n) is 10.2. The molecule has 1 aliphatic heterocycles. The number of hydrogen-bond acceptors (Lipinski definition) is 9. The number of aryl methyl sites for hydroxylation is 1. The molecule has 0 unspecified atom stereocenters. The summed E-state index contributed by atoms with van der Waals surface area (Å²) in [5.41, 5.74) is 2.09. The maximum atomic E-state index is 12.9. The molecule has 0 spiro atoms. The van der Waals surface area contributed by atoms with Crippen molar-refractivity contribution in [3.63, 3.8) is 0 Å². The molecule has 9 nitrogen and oxygen atoms in total. The molecule has 3 heterocycles.